The normalized spacial score (nSPS) is 16.1. The van der Waals surface area contributed by atoms with Crippen LogP contribution in [0.15, 0.2) is 29.2 Å². The summed E-state index contributed by atoms with van der Waals surface area (Å²) < 4.78 is 55.4. The molecule has 1 saturated carbocycles. The predicted molar refractivity (Wildman–Crippen MR) is 99.4 cm³/mol. The summed E-state index contributed by atoms with van der Waals surface area (Å²) in [5.41, 5.74) is 5.63. The first-order valence-corrected chi connectivity index (χ1v) is 11.2. The van der Waals surface area contributed by atoms with Crippen LogP contribution in [0, 0.1) is 5.92 Å². The van der Waals surface area contributed by atoms with Crippen LogP contribution < -0.4 is 15.2 Å². The van der Waals surface area contributed by atoms with Gasteiger partial charge in [-0.3, -0.25) is 0 Å². The van der Waals surface area contributed by atoms with Crippen molar-refractivity contribution in [1.29, 1.82) is 0 Å². The standard InChI is InChI=1S/C15H24N2O5S2.ClH/c1-2-23(18,19)10-9-22-13-5-7-14(8-6-13)24(20,21)17-15(11-16)12-3-4-12;/h5-8,12,15,17H,2-4,9-11,16H2,1H3;1H. The number of nitrogens with two attached hydrogens (primary N) is 1. The highest BCUT2D eigenvalue weighted by molar-refractivity contribution is 7.91. The zero-order valence-corrected chi connectivity index (χ0v) is 16.5. The maximum absolute atomic E-state index is 12.3. The van der Waals surface area contributed by atoms with Gasteiger partial charge in [0, 0.05) is 18.3 Å². The summed E-state index contributed by atoms with van der Waals surface area (Å²) >= 11 is 0. The van der Waals surface area contributed by atoms with Gasteiger partial charge in [0.15, 0.2) is 9.84 Å². The summed E-state index contributed by atoms with van der Waals surface area (Å²) in [5, 5.41) is 0. The van der Waals surface area contributed by atoms with Crippen LogP contribution in [-0.2, 0) is 19.9 Å². The minimum atomic E-state index is -3.62. The predicted octanol–water partition coefficient (Wildman–Crippen LogP) is 0.938. The highest BCUT2D eigenvalue weighted by Gasteiger charge is 2.33. The van der Waals surface area contributed by atoms with Gasteiger partial charge in [-0.15, -0.1) is 12.4 Å². The van der Waals surface area contributed by atoms with E-state index in [2.05, 4.69) is 4.72 Å². The summed E-state index contributed by atoms with van der Waals surface area (Å²) in [7, 11) is -6.70. The Morgan fingerprint density at radius 2 is 1.80 bits per heavy atom. The second-order valence-corrected chi connectivity index (χ2v) is 10.0. The van der Waals surface area contributed by atoms with Gasteiger partial charge in [0.25, 0.3) is 0 Å². The van der Waals surface area contributed by atoms with Gasteiger partial charge in [-0.05, 0) is 43.0 Å². The van der Waals surface area contributed by atoms with Crippen molar-refractivity contribution in [3.05, 3.63) is 24.3 Å². The Hall–Kier alpha value is -0.870. The highest BCUT2D eigenvalue weighted by atomic mass is 35.5. The molecule has 0 amide bonds. The molecule has 0 saturated heterocycles. The van der Waals surface area contributed by atoms with Crippen LogP contribution in [0.25, 0.3) is 0 Å². The topological polar surface area (TPSA) is 116 Å². The van der Waals surface area contributed by atoms with Crippen molar-refractivity contribution in [3.63, 3.8) is 0 Å². The van der Waals surface area contributed by atoms with E-state index in [1.807, 2.05) is 0 Å². The molecule has 1 aromatic rings. The molecule has 1 aliphatic rings. The number of sulfonamides is 1. The Kier molecular flexibility index (Phi) is 8.14. The van der Waals surface area contributed by atoms with Crippen molar-refractivity contribution < 1.29 is 21.6 Å². The molecular formula is C15H25ClN2O5S2. The molecule has 3 N–H and O–H groups in total. The SMILES string of the molecule is CCS(=O)(=O)CCOc1ccc(S(=O)(=O)NC(CN)C2CC2)cc1.Cl. The number of nitrogens with one attached hydrogen (secondary N) is 1. The van der Waals surface area contributed by atoms with Crippen LogP contribution >= 0.6 is 12.4 Å². The minimum Gasteiger partial charge on any atom is -0.493 e. The Morgan fingerprint density at radius 1 is 1.20 bits per heavy atom. The van der Waals surface area contributed by atoms with Crippen LogP contribution in [0.2, 0.25) is 0 Å². The van der Waals surface area contributed by atoms with Gasteiger partial charge in [0.2, 0.25) is 10.0 Å². The van der Waals surface area contributed by atoms with Crippen LogP contribution in [0.3, 0.4) is 0 Å². The maximum Gasteiger partial charge on any atom is 0.240 e. The monoisotopic (exact) mass is 412 g/mol. The third kappa shape index (κ3) is 6.74. The first kappa shape index (κ1) is 22.2. The van der Waals surface area contributed by atoms with E-state index in [0.717, 1.165) is 12.8 Å². The second-order valence-electron chi connectivity index (χ2n) is 5.86. The summed E-state index contributed by atoms with van der Waals surface area (Å²) in [6.07, 6.45) is 2.00. The average molecular weight is 413 g/mol. The fourth-order valence-electron chi connectivity index (χ4n) is 2.25. The van der Waals surface area contributed by atoms with Gasteiger partial charge < -0.3 is 10.5 Å². The van der Waals surface area contributed by atoms with Crippen LogP contribution in [-0.4, -0.2) is 47.5 Å². The third-order valence-corrected chi connectivity index (χ3v) is 7.16. The van der Waals surface area contributed by atoms with Gasteiger partial charge in [-0.2, -0.15) is 0 Å². The van der Waals surface area contributed by atoms with Gasteiger partial charge in [0.05, 0.1) is 10.6 Å². The number of hydrogen-bond donors (Lipinski definition) is 2. The molecule has 0 aromatic heterocycles. The van der Waals surface area contributed by atoms with Crippen molar-refractivity contribution in [2.24, 2.45) is 11.7 Å². The molecular weight excluding hydrogens is 388 g/mol. The fraction of sp³-hybridized carbons (Fsp3) is 0.600. The lowest BCUT2D eigenvalue weighted by molar-refractivity contribution is 0.340. The highest BCUT2D eigenvalue weighted by Crippen LogP contribution is 2.33. The van der Waals surface area contributed by atoms with E-state index >= 15 is 0 Å². The lowest BCUT2D eigenvalue weighted by atomic mass is 10.2. The summed E-state index contributed by atoms with van der Waals surface area (Å²) in [4.78, 5) is 0.134. The Morgan fingerprint density at radius 3 is 2.28 bits per heavy atom. The molecule has 10 heteroatoms. The Balaban J connectivity index is 0.00000312. The van der Waals surface area contributed by atoms with Gasteiger partial charge in [-0.25, -0.2) is 21.6 Å². The molecule has 0 spiro atoms. The van der Waals surface area contributed by atoms with Crippen LogP contribution in [0.5, 0.6) is 5.75 Å². The lowest BCUT2D eigenvalue weighted by Crippen LogP contribution is -2.41. The first-order valence-electron chi connectivity index (χ1n) is 7.93. The zero-order chi connectivity index (χ0) is 17.8. The number of ether oxygens (including phenoxy) is 1. The number of hydrogen-bond acceptors (Lipinski definition) is 6. The van der Waals surface area contributed by atoms with Crippen molar-refractivity contribution in [2.45, 2.75) is 30.7 Å². The van der Waals surface area contributed by atoms with Crippen molar-refractivity contribution in [1.82, 2.24) is 4.72 Å². The molecule has 1 aromatic carbocycles. The molecule has 0 bridgehead atoms. The molecule has 1 aliphatic carbocycles. The molecule has 0 aliphatic heterocycles. The lowest BCUT2D eigenvalue weighted by Gasteiger charge is -2.16. The van der Waals surface area contributed by atoms with E-state index in [-0.39, 0.29) is 48.0 Å². The third-order valence-electron chi connectivity index (χ3n) is 3.99. The molecule has 1 unspecified atom stereocenters. The van der Waals surface area contributed by atoms with E-state index in [1.165, 1.54) is 24.3 Å². The molecule has 144 valence electrons. The Labute approximate surface area is 155 Å². The van der Waals surface area contributed by atoms with E-state index in [4.69, 9.17) is 10.5 Å². The van der Waals surface area contributed by atoms with Gasteiger partial charge in [-0.1, -0.05) is 6.92 Å². The van der Waals surface area contributed by atoms with Gasteiger partial charge >= 0.3 is 0 Å². The average Bonchev–Trinajstić information content (AvgIpc) is 3.38. The molecule has 0 heterocycles. The molecule has 1 atom stereocenters. The zero-order valence-electron chi connectivity index (χ0n) is 14.1. The van der Waals surface area contributed by atoms with E-state index in [9.17, 15) is 16.8 Å². The number of rotatable bonds is 10. The summed E-state index contributed by atoms with van der Waals surface area (Å²) in [5.74, 6) is 0.762. The molecule has 0 radical (unpaired) electrons. The molecule has 2 rings (SSSR count). The summed E-state index contributed by atoms with van der Waals surface area (Å²) in [6.45, 7) is 1.90. The van der Waals surface area contributed by atoms with Crippen molar-refractivity contribution in [3.8, 4) is 5.75 Å². The summed E-state index contributed by atoms with van der Waals surface area (Å²) in [6, 6.07) is 5.67. The minimum absolute atomic E-state index is 0. The Bertz CT molecular complexity index is 747. The number of sulfone groups is 1. The van der Waals surface area contributed by atoms with Crippen molar-refractivity contribution in [2.75, 3.05) is 24.7 Å². The quantitative estimate of drug-likeness (QED) is 0.590. The number of benzene rings is 1. The van der Waals surface area contributed by atoms with Crippen molar-refractivity contribution >= 4 is 32.3 Å². The van der Waals surface area contributed by atoms with Gasteiger partial charge in [0.1, 0.15) is 12.4 Å². The molecule has 7 nitrogen and oxygen atoms in total. The van der Waals surface area contributed by atoms with Crippen LogP contribution in [0.4, 0.5) is 0 Å². The van der Waals surface area contributed by atoms with E-state index in [1.54, 1.807) is 6.92 Å². The first-order chi connectivity index (χ1) is 11.3. The number of halogens is 1. The van der Waals surface area contributed by atoms with Crippen LogP contribution in [0.1, 0.15) is 19.8 Å². The maximum atomic E-state index is 12.3. The fourth-order valence-corrected chi connectivity index (χ4v) is 4.19. The second kappa shape index (κ2) is 9.18. The van der Waals surface area contributed by atoms with E-state index in [0.29, 0.717) is 11.7 Å². The smallest absolute Gasteiger partial charge is 0.240 e. The molecule has 25 heavy (non-hydrogen) atoms. The van der Waals surface area contributed by atoms with E-state index < -0.39 is 19.9 Å². The molecule has 1 fully saturated rings. The largest absolute Gasteiger partial charge is 0.493 e.